The Balaban J connectivity index is 1.21. The second kappa shape index (κ2) is 11.1. The first-order valence-corrected chi connectivity index (χ1v) is 13.6. The number of H-pyrrole nitrogens is 1. The van der Waals surface area contributed by atoms with Crippen molar-refractivity contribution in [3.63, 3.8) is 0 Å². The maximum absolute atomic E-state index is 13.3. The van der Waals surface area contributed by atoms with Crippen molar-refractivity contribution in [2.45, 2.75) is 39.0 Å². The van der Waals surface area contributed by atoms with Crippen LogP contribution in [0.15, 0.2) is 67.0 Å². The molecule has 1 aliphatic rings. The summed E-state index contributed by atoms with van der Waals surface area (Å²) < 4.78 is 0. The van der Waals surface area contributed by atoms with Crippen LogP contribution in [0.5, 0.6) is 0 Å². The highest BCUT2D eigenvalue weighted by molar-refractivity contribution is 7.17. The monoisotopic (exact) mass is 486 g/mol. The number of anilines is 2. The van der Waals surface area contributed by atoms with E-state index in [2.05, 4.69) is 87.5 Å². The molecule has 4 aromatic rings. The first-order chi connectivity index (χ1) is 17.2. The zero-order valence-electron chi connectivity index (χ0n) is 20.5. The standard InChI is InChI=1S/C29H34N4OS/c1-2-3-9-22(18-23-20-30-26-13-8-7-12-25(23)26)19-27(34)28-21-31-29(35-28)33-16-14-32(15-17-33)24-10-5-4-6-11-24/h4-8,10-13,20-22,30H,2-3,9,14-19H2,1H3. The van der Waals surface area contributed by atoms with Gasteiger partial charge in [0, 0.05) is 55.4 Å². The lowest BCUT2D eigenvalue weighted by Crippen LogP contribution is -2.46. The van der Waals surface area contributed by atoms with Crippen LogP contribution in [0.25, 0.3) is 10.9 Å². The van der Waals surface area contributed by atoms with E-state index < -0.39 is 0 Å². The van der Waals surface area contributed by atoms with Crippen LogP contribution in [0.4, 0.5) is 10.8 Å². The van der Waals surface area contributed by atoms with Crippen LogP contribution < -0.4 is 9.80 Å². The quantitative estimate of drug-likeness (QED) is 0.258. The van der Waals surface area contributed by atoms with E-state index in [-0.39, 0.29) is 5.78 Å². The fourth-order valence-electron chi connectivity index (χ4n) is 5.08. The molecule has 1 aliphatic heterocycles. The number of nitrogens with one attached hydrogen (secondary N) is 1. The Hall–Kier alpha value is -3.12. The third-order valence-electron chi connectivity index (χ3n) is 7.06. The molecule has 0 amide bonds. The maximum Gasteiger partial charge on any atom is 0.186 e. The molecule has 35 heavy (non-hydrogen) atoms. The minimum atomic E-state index is 0.234. The second-order valence-corrected chi connectivity index (χ2v) is 10.5. The molecular formula is C29H34N4OS. The molecule has 182 valence electrons. The van der Waals surface area contributed by atoms with Gasteiger partial charge in [0.1, 0.15) is 0 Å². The van der Waals surface area contributed by atoms with Gasteiger partial charge in [0.2, 0.25) is 0 Å². The summed E-state index contributed by atoms with van der Waals surface area (Å²) in [5, 5.41) is 2.25. The van der Waals surface area contributed by atoms with E-state index in [1.54, 1.807) is 17.5 Å². The Kier molecular flexibility index (Phi) is 7.48. The normalized spacial score (nSPS) is 15.0. The minimum Gasteiger partial charge on any atom is -0.368 e. The van der Waals surface area contributed by atoms with Gasteiger partial charge in [-0.05, 0) is 42.5 Å². The predicted octanol–water partition coefficient (Wildman–Crippen LogP) is 6.57. The van der Waals surface area contributed by atoms with Crippen LogP contribution in [0.3, 0.4) is 0 Å². The van der Waals surface area contributed by atoms with Crippen molar-refractivity contribution < 1.29 is 4.79 Å². The van der Waals surface area contributed by atoms with Gasteiger partial charge < -0.3 is 14.8 Å². The second-order valence-electron chi connectivity index (χ2n) is 9.52. The van der Waals surface area contributed by atoms with E-state index >= 15 is 0 Å². The van der Waals surface area contributed by atoms with Crippen LogP contribution in [0.2, 0.25) is 0 Å². The molecule has 0 radical (unpaired) electrons. The molecule has 6 heteroatoms. The molecule has 2 aromatic heterocycles. The molecule has 1 atom stereocenters. The fourth-order valence-corrected chi connectivity index (χ4v) is 5.99. The number of hydrogen-bond acceptors (Lipinski definition) is 5. The van der Waals surface area contributed by atoms with Crippen LogP contribution in [0, 0.1) is 5.92 Å². The molecule has 5 nitrogen and oxygen atoms in total. The highest BCUT2D eigenvalue weighted by Crippen LogP contribution is 2.29. The van der Waals surface area contributed by atoms with Gasteiger partial charge in [-0.1, -0.05) is 67.5 Å². The SMILES string of the molecule is CCCCC(CC(=O)c1cnc(N2CCN(c3ccccc3)CC2)s1)Cc1c[nH]c2ccccc12. The summed E-state index contributed by atoms with van der Waals surface area (Å²) in [6.45, 7) is 6.01. The molecule has 5 rings (SSSR count). The summed E-state index contributed by atoms with van der Waals surface area (Å²) in [4.78, 5) is 26.8. The van der Waals surface area contributed by atoms with Crippen molar-refractivity contribution in [3.05, 3.63) is 77.4 Å². The van der Waals surface area contributed by atoms with Crippen LogP contribution in [0.1, 0.15) is 47.8 Å². The number of benzene rings is 2. The molecule has 0 spiro atoms. The number of piperazine rings is 1. The minimum absolute atomic E-state index is 0.234. The Morgan fingerprint density at radius 1 is 1.03 bits per heavy atom. The van der Waals surface area contributed by atoms with E-state index in [0.29, 0.717) is 12.3 Å². The van der Waals surface area contributed by atoms with E-state index in [1.807, 2.05) is 0 Å². The molecule has 0 bridgehead atoms. The summed E-state index contributed by atoms with van der Waals surface area (Å²) in [5.74, 6) is 0.583. The molecule has 1 N–H and O–H groups in total. The van der Waals surface area contributed by atoms with Gasteiger partial charge in [-0.2, -0.15) is 0 Å². The lowest BCUT2D eigenvalue weighted by atomic mass is 9.89. The number of carbonyl (C=O) groups is 1. The largest absolute Gasteiger partial charge is 0.368 e. The third kappa shape index (κ3) is 5.59. The van der Waals surface area contributed by atoms with Gasteiger partial charge in [0.15, 0.2) is 10.9 Å². The average molecular weight is 487 g/mol. The number of unbranched alkanes of at least 4 members (excludes halogenated alkanes) is 1. The van der Waals surface area contributed by atoms with Crippen LogP contribution >= 0.6 is 11.3 Å². The van der Waals surface area contributed by atoms with Gasteiger partial charge in [0.25, 0.3) is 0 Å². The third-order valence-corrected chi connectivity index (χ3v) is 8.16. The summed E-state index contributed by atoms with van der Waals surface area (Å²) in [6, 6.07) is 19.0. The van der Waals surface area contributed by atoms with Gasteiger partial charge >= 0.3 is 0 Å². The van der Waals surface area contributed by atoms with Crippen molar-refractivity contribution in [1.29, 1.82) is 0 Å². The predicted molar refractivity (Wildman–Crippen MR) is 147 cm³/mol. The topological polar surface area (TPSA) is 52.2 Å². The van der Waals surface area contributed by atoms with E-state index in [4.69, 9.17) is 0 Å². The van der Waals surface area contributed by atoms with E-state index in [0.717, 1.165) is 61.9 Å². The lowest BCUT2D eigenvalue weighted by molar-refractivity contribution is 0.0962. The number of hydrogen-bond donors (Lipinski definition) is 1. The van der Waals surface area contributed by atoms with Crippen LogP contribution in [-0.4, -0.2) is 41.9 Å². The highest BCUT2D eigenvalue weighted by atomic mass is 32.1. The number of carbonyl (C=O) groups excluding carboxylic acids is 1. The number of Topliss-reactive ketones (excluding diaryl/α,β-unsaturated/α-hetero) is 1. The molecular weight excluding hydrogens is 452 g/mol. The Labute approximate surface area is 211 Å². The van der Waals surface area contributed by atoms with Crippen molar-refractivity contribution >= 4 is 38.8 Å². The highest BCUT2D eigenvalue weighted by Gasteiger charge is 2.23. The first-order valence-electron chi connectivity index (χ1n) is 12.8. The number of para-hydroxylation sites is 2. The van der Waals surface area contributed by atoms with Gasteiger partial charge in [-0.25, -0.2) is 4.98 Å². The van der Waals surface area contributed by atoms with Crippen LogP contribution in [-0.2, 0) is 6.42 Å². The van der Waals surface area contributed by atoms with E-state index in [9.17, 15) is 4.79 Å². The number of aromatic nitrogens is 2. The Morgan fingerprint density at radius 3 is 2.57 bits per heavy atom. The van der Waals surface area contributed by atoms with Crippen molar-refractivity contribution in [3.8, 4) is 0 Å². The molecule has 1 fully saturated rings. The zero-order valence-corrected chi connectivity index (χ0v) is 21.3. The summed E-state index contributed by atoms with van der Waals surface area (Å²) in [6.07, 6.45) is 8.82. The van der Waals surface area contributed by atoms with E-state index in [1.165, 1.54) is 22.2 Å². The van der Waals surface area contributed by atoms with Gasteiger partial charge in [0.05, 0.1) is 11.1 Å². The lowest BCUT2D eigenvalue weighted by Gasteiger charge is -2.35. The Morgan fingerprint density at radius 2 is 1.77 bits per heavy atom. The maximum atomic E-state index is 13.3. The summed E-state index contributed by atoms with van der Waals surface area (Å²) >= 11 is 1.56. The number of thiazole rings is 1. The average Bonchev–Trinajstić information content (AvgIpc) is 3.56. The van der Waals surface area contributed by atoms with Gasteiger partial charge in [-0.3, -0.25) is 4.79 Å². The molecule has 1 unspecified atom stereocenters. The molecule has 1 saturated heterocycles. The first kappa shape index (κ1) is 23.6. The number of rotatable bonds is 10. The molecule has 3 heterocycles. The number of nitrogens with zero attached hydrogens (tertiary/aromatic N) is 3. The summed E-state index contributed by atoms with van der Waals surface area (Å²) in [7, 11) is 0. The van der Waals surface area contributed by atoms with Crippen molar-refractivity contribution in [2.24, 2.45) is 5.92 Å². The van der Waals surface area contributed by atoms with Crippen molar-refractivity contribution in [2.75, 3.05) is 36.0 Å². The molecule has 2 aromatic carbocycles. The molecule has 0 aliphatic carbocycles. The van der Waals surface area contributed by atoms with Gasteiger partial charge in [-0.15, -0.1) is 0 Å². The zero-order chi connectivity index (χ0) is 24.0. The number of fused-ring (bicyclic) bond motifs is 1. The summed E-state index contributed by atoms with van der Waals surface area (Å²) in [5.41, 5.74) is 3.76. The number of aromatic amines is 1. The van der Waals surface area contributed by atoms with Crippen molar-refractivity contribution in [1.82, 2.24) is 9.97 Å². The number of ketones is 1. The Bertz CT molecular complexity index is 1240. The molecule has 0 saturated carbocycles. The fraction of sp³-hybridized carbons (Fsp3) is 0.379. The smallest absolute Gasteiger partial charge is 0.186 e.